The standard InChI is InChI=1S/C24H31N5O.HI/c1-19-20(18-29(27-19)22-13-6-5-7-14-22)12-10-16-26-24(25-2)28(3)17-21-11-8-9-15-23(21)30-4;/h5-9,11,13-15,18H,10,12,16-17H2,1-4H3,(H,25,26);1H. The van der Waals surface area contributed by atoms with Gasteiger partial charge >= 0.3 is 0 Å². The van der Waals surface area contributed by atoms with E-state index in [9.17, 15) is 0 Å². The number of benzene rings is 2. The highest BCUT2D eigenvalue weighted by Gasteiger charge is 2.10. The average Bonchev–Trinajstić information content (AvgIpc) is 3.15. The first-order chi connectivity index (χ1) is 14.6. The van der Waals surface area contributed by atoms with Crippen molar-refractivity contribution in [2.45, 2.75) is 26.3 Å². The predicted molar refractivity (Wildman–Crippen MR) is 138 cm³/mol. The van der Waals surface area contributed by atoms with Crippen molar-refractivity contribution in [1.29, 1.82) is 0 Å². The van der Waals surface area contributed by atoms with Crippen LogP contribution in [0.15, 0.2) is 65.8 Å². The van der Waals surface area contributed by atoms with Gasteiger partial charge in [-0.1, -0.05) is 36.4 Å². The number of aliphatic imine (C=N–C) groups is 1. The van der Waals surface area contributed by atoms with E-state index in [0.717, 1.165) is 54.6 Å². The summed E-state index contributed by atoms with van der Waals surface area (Å²) in [6, 6.07) is 18.3. The minimum absolute atomic E-state index is 0. The van der Waals surface area contributed by atoms with E-state index >= 15 is 0 Å². The summed E-state index contributed by atoms with van der Waals surface area (Å²) in [6.45, 7) is 3.65. The van der Waals surface area contributed by atoms with Gasteiger partial charge in [-0.2, -0.15) is 5.10 Å². The molecule has 0 amide bonds. The average molecular weight is 533 g/mol. The summed E-state index contributed by atoms with van der Waals surface area (Å²) in [5, 5.41) is 8.12. The fraction of sp³-hybridized carbons (Fsp3) is 0.333. The first-order valence-electron chi connectivity index (χ1n) is 10.3. The molecule has 0 spiro atoms. The van der Waals surface area contributed by atoms with Gasteiger partial charge in [-0.3, -0.25) is 4.99 Å². The highest BCUT2D eigenvalue weighted by molar-refractivity contribution is 14.0. The van der Waals surface area contributed by atoms with Crippen molar-refractivity contribution in [1.82, 2.24) is 20.0 Å². The largest absolute Gasteiger partial charge is 0.496 e. The maximum Gasteiger partial charge on any atom is 0.193 e. The number of hydrogen-bond donors (Lipinski definition) is 1. The first-order valence-corrected chi connectivity index (χ1v) is 10.3. The third kappa shape index (κ3) is 6.72. The van der Waals surface area contributed by atoms with Crippen LogP contribution in [-0.2, 0) is 13.0 Å². The Morgan fingerprint density at radius 3 is 2.52 bits per heavy atom. The summed E-state index contributed by atoms with van der Waals surface area (Å²) in [5.74, 6) is 1.77. The molecule has 166 valence electrons. The molecule has 1 N–H and O–H groups in total. The molecule has 1 aromatic heterocycles. The van der Waals surface area contributed by atoms with Crippen LogP contribution in [0.2, 0.25) is 0 Å². The SMILES string of the molecule is CN=C(NCCCc1cn(-c2ccccc2)nc1C)N(C)Cc1ccccc1OC.I. The van der Waals surface area contributed by atoms with Gasteiger partial charge in [0.15, 0.2) is 5.96 Å². The highest BCUT2D eigenvalue weighted by atomic mass is 127. The van der Waals surface area contributed by atoms with Crippen LogP contribution < -0.4 is 10.1 Å². The highest BCUT2D eigenvalue weighted by Crippen LogP contribution is 2.18. The molecule has 7 heteroatoms. The monoisotopic (exact) mass is 533 g/mol. The summed E-state index contributed by atoms with van der Waals surface area (Å²) in [6.07, 6.45) is 4.11. The van der Waals surface area contributed by atoms with Crippen LogP contribution >= 0.6 is 24.0 Å². The fourth-order valence-electron chi connectivity index (χ4n) is 3.48. The van der Waals surface area contributed by atoms with Gasteiger partial charge in [0, 0.05) is 38.9 Å². The van der Waals surface area contributed by atoms with Gasteiger partial charge in [0.05, 0.1) is 18.5 Å². The molecule has 31 heavy (non-hydrogen) atoms. The number of hydrogen-bond acceptors (Lipinski definition) is 3. The molecule has 6 nitrogen and oxygen atoms in total. The minimum atomic E-state index is 0. The number of halogens is 1. The van der Waals surface area contributed by atoms with Crippen LogP contribution in [0.25, 0.3) is 5.69 Å². The van der Waals surface area contributed by atoms with Crippen molar-refractivity contribution >= 4 is 29.9 Å². The van der Waals surface area contributed by atoms with E-state index in [0.29, 0.717) is 0 Å². The minimum Gasteiger partial charge on any atom is -0.496 e. The third-order valence-electron chi connectivity index (χ3n) is 5.10. The molecular weight excluding hydrogens is 501 g/mol. The molecule has 3 aromatic rings. The van der Waals surface area contributed by atoms with Gasteiger partial charge < -0.3 is 15.0 Å². The Morgan fingerprint density at radius 1 is 1.10 bits per heavy atom. The fourth-order valence-corrected chi connectivity index (χ4v) is 3.48. The summed E-state index contributed by atoms with van der Waals surface area (Å²) in [4.78, 5) is 6.53. The van der Waals surface area contributed by atoms with Gasteiger partial charge in [0.2, 0.25) is 0 Å². The lowest BCUT2D eigenvalue weighted by Gasteiger charge is -2.23. The number of guanidine groups is 1. The summed E-state index contributed by atoms with van der Waals surface area (Å²) in [7, 11) is 5.55. The Bertz CT molecular complexity index is 971. The molecule has 0 bridgehead atoms. The van der Waals surface area contributed by atoms with Crippen LogP contribution in [0, 0.1) is 6.92 Å². The van der Waals surface area contributed by atoms with Crippen molar-refractivity contribution in [3.63, 3.8) is 0 Å². The number of methoxy groups -OCH3 is 1. The first kappa shape index (κ1) is 24.7. The molecule has 0 aliphatic rings. The van der Waals surface area contributed by atoms with Crippen molar-refractivity contribution < 1.29 is 4.74 Å². The molecule has 0 saturated heterocycles. The zero-order chi connectivity index (χ0) is 21.3. The second-order valence-corrected chi connectivity index (χ2v) is 7.27. The topological polar surface area (TPSA) is 54.7 Å². The molecule has 0 saturated carbocycles. The number of nitrogens with one attached hydrogen (secondary N) is 1. The quantitative estimate of drug-likeness (QED) is 0.201. The van der Waals surface area contributed by atoms with Gasteiger partial charge in [0.25, 0.3) is 0 Å². The predicted octanol–water partition coefficient (Wildman–Crippen LogP) is 4.45. The van der Waals surface area contributed by atoms with E-state index in [1.165, 1.54) is 5.56 Å². The van der Waals surface area contributed by atoms with Crippen molar-refractivity contribution in [3.8, 4) is 11.4 Å². The molecule has 3 rings (SSSR count). The van der Waals surface area contributed by atoms with Crippen LogP contribution in [0.5, 0.6) is 5.75 Å². The maximum atomic E-state index is 5.46. The van der Waals surface area contributed by atoms with E-state index in [-0.39, 0.29) is 24.0 Å². The van der Waals surface area contributed by atoms with E-state index in [1.54, 1.807) is 7.11 Å². The zero-order valence-electron chi connectivity index (χ0n) is 18.7. The second kappa shape index (κ2) is 12.3. The summed E-state index contributed by atoms with van der Waals surface area (Å²) >= 11 is 0. The van der Waals surface area contributed by atoms with E-state index in [4.69, 9.17) is 4.74 Å². The molecule has 2 aromatic carbocycles. The summed E-state index contributed by atoms with van der Waals surface area (Å²) in [5.41, 5.74) is 4.58. The lowest BCUT2D eigenvalue weighted by molar-refractivity contribution is 0.396. The number of para-hydroxylation sites is 2. The number of nitrogens with zero attached hydrogens (tertiary/aromatic N) is 4. The molecule has 0 radical (unpaired) electrons. The van der Waals surface area contributed by atoms with Crippen molar-refractivity contribution in [3.05, 3.63) is 77.6 Å². The Morgan fingerprint density at radius 2 is 1.81 bits per heavy atom. The smallest absolute Gasteiger partial charge is 0.193 e. The maximum absolute atomic E-state index is 5.46. The number of ether oxygens (including phenoxy) is 1. The van der Waals surface area contributed by atoms with Gasteiger partial charge in [-0.05, 0) is 43.5 Å². The van der Waals surface area contributed by atoms with Crippen LogP contribution in [0.1, 0.15) is 23.2 Å². The van der Waals surface area contributed by atoms with Gasteiger partial charge in [-0.15, -0.1) is 24.0 Å². The Labute approximate surface area is 202 Å². The van der Waals surface area contributed by atoms with E-state index in [1.807, 2.05) is 55.2 Å². The number of aryl methyl sites for hydroxylation is 2. The van der Waals surface area contributed by atoms with Crippen molar-refractivity contribution in [2.75, 3.05) is 27.7 Å². The molecule has 1 heterocycles. The molecule has 0 unspecified atom stereocenters. The van der Waals surface area contributed by atoms with E-state index in [2.05, 4.69) is 51.6 Å². The Hall–Kier alpha value is -2.55. The van der Waals surface area contributed by atoms with Gasteiger partial charge in [-0.25, -0.2) is 4.68 Å². The molecule has 0 aliphatic carbocycles. The van der Waals surface area contributed by atoms with Crippen LogP contribution in [-0.4, -0.2) is 48.4 Å². The molecule has 0 aliphatic heterocycles. The molecule has 0 fully saturated rings. The van der Waals surface area contributed by atoms with Gasteiger partial charge in [0.1, 0.15) is 5.75 Å². The van der Waals surface area contributed by atoms with Crippen LogP contribution in [0.4, 0.5) is 0 Å². The second-order valence-electron chi connectivity index (χ2n) is 7.27. The Balaban J connectivity index is 0.00000341. The van der Waals surface area contributed by atoms with Crippen LogP contribution in [0.3, 0.4) is 0 Å². The number of rotatable bonds is 8. The number of aromatic nitrogens is 2. The zero-order valence-corrected chi connectivity index (χ0v) is 21.0. The third-order valence-corrected chi connectivity index (χ3v) is 5.10. The molecule has 0 atom stereocenters. The van der Waals surface area contributed by atoms with E-state index < -0.39 is 0 Å². The lowest BCUT2D eigenvalue weighted by Crippen LogP contribution is -2.39. The Kier molecular flexibility index (Phi) is 9.84. The molecular formula is C24H32IN5O. The summed E-state index contributed by atoms with van der Waals surface area (Å²) < 4.78 is 7.41. The normalized spacial score (nSPS) is 11.0. The van der Waals surface area contributed by atoms with Crippen molar-refractivity contribution in [2.24, 2.45) is 4.99 Å². The lowest BCUT2D eigenvalue weighted by atomic mass is 10.1.